The summed E-state index contributed by atoms with van der Waals surface area (Å²) in [6.45, 7) is 4.33. The molecule has 2 heterocycles. The number of amides is 2. The van der Waals surface area contributed by atoms with E-state index in [-0.39, 0.29) is 17.6 Å². The number of rotatable bonds is 5. The molecule has 0 saturated carbocycles. The molecule has 0 aliphatic carbocycles. The maximum atomic E-state index is 12.8. The molecular formula is C23H27N5O2. The number of urea groups is 1. The van der Waals surface area contributed by atoms with Crippen LogP contribution in [0.15, 0.2) is 65.5 Å². The molecule has 0 radical (unpaired) electrons. The normalized spacial score (nSPS) is 14.6. The predicted octanol–water partition coefficient (Wildman–Crippen LogP) is 3.52. The topological polar surface area (TPSA) is 72.2 Å². The van der Waals surface area contributed by atoms with Crippen LogP contribution in [-0.2, 0) is 13.1 Å². The molecule has 0 spiro atoms. The van der Waals surface area contributed by atoms with Gasteiger partial charge in [0.15, 0.2) is 0 Å². The summed E-state index contributed by atoms with van der Waals surface area (Å²) >= 11 is 0. The van der Waals surface area contributed by atoms with Crippen molar-refractivity contribution in [2.24, 2.45) is 0 Å². The summed E-state index contributed by atoms with van der Waals surface area (Å²) in [7, 11) is 0. The minimum absolute atomic E-state index is 0.0689. The average Bonchev–Trinajstić information content (AvgIpc) is 3.10. The second-order valence-corrected chi connectivity index (χ2v) is 7.59. The van der Waals surface area contributed by atoms with E-state index >= 15 is 0 Å². The van der Waals surface area contributed by atoms with Crippen molar-refractivity contribution < 1.29 is 4.79 Å². The Morgan fingerprint density at radius 3 is 2.30 bits per heavy atom. The van der Waals surface area contributed by atoms with Crippen LogP contribution in [0.5, 0.6) is 0 Å². The number of aromatic nitrogens is 3. The maximum absolute atomic E-state index is 12.8. The van der Waals surface area contributed by atoms with Crippen LogP contribution in [0.3, 0.4) is 0 Å². The van der Waals surface area contributed by atoms with Gasteiger partial charge in [-0.1, -0.05) is 48.5 Å². The Hall–Kier alpha value is -3.35. The number of para-hydroxylation sites is 1. The van der Waals surface area contributed by atoms with E-state index in [0.717, 1.165) is 29.9 Å². The molecule has 2 amide bonds. The summed E-state index contributed by atoms with van der Waals surface area (Å²) < 4.78 is 3.33. The third-order valence-electron chi connectivity index (χ3n) is 5.62. The average molecular weight is 406 g/mol. The SMILES string of the molecule is CCn1c(C2CCN(C(=O)Nc3ccccc3)CC2)nn(Cc2ccccc2)c1=O. The Labute approximate surface area is 175 Å². The fraction of sp³-hybridized carbons (Fsp3) is 0.348. The molecule has 1 aliphatic heterocycles. The summed E-state index contributed by atoms with van der Waals surface area (Å²) in [4.78, 5) is 27.2. The minimum atomic E-state index is -0.0814. The van der Waals surface area contributed by atoms with Gasteiger partial charge in [-0.15, -0.1) is 0 Å². The van der Waals surface area contributed by atoms with Crippen molar-refractivity contribution in [3.8, 4) is 0 Å². The van der Waals surface area contributed by atoms with E-state index in [2.05, 4.69) is 10.4 Å². The van der Waals surface area contributed by atoms with Crippen LogP contribution in [0, 0.1) is 0 Å². The van der Waals surface area contributed by atoms with Crippen molar-refractivity contribution >= 4 is 11.7 Å². The number of carbonyl (C=O) groups excluding carboxylic acids is 1. The van der Waals surface area contributed by atoms with Crippen LogP contribution in [0.2, 0.25) is 0 Å². The number of hydrogen-bond donors (Lipinski definition) is 1. The van der Waals surface area contributed by atoms with Gasteiger partial charge in [0.2, 0.25) is 0 Å². The molecule has 1 aliphatic rings. The Bertz CT molecular complexity index is 1030. The number of likely N-dealkylation sites (tertiary alicyclic amines) is 1. The van der Waals surface area contributed by atoms with Crippen LogP contribution in [-0.4, -0.2) is 38.4 Å². The molecule has 0 atom stereocenters. The van der Waals surface area contributed by atoms with E-state index in [1.807, 2.05) is 72.5 Å². The van der Waals surface area contributed by atoms with Gasteiger partial charge in [0.1, 0.15) is 5.82 Å². The van der Waals surface area contributed by atoms with Gasteiger partial charge < -0.3 is 10.2 Å². The highest BCUT2D eigenvalue weighted by atomic mass is 16.2. The number of piperidine rings is 1. The molecule has 1 aromatic heterocycles. The first-order valence-corrected chi connectivity index (χ1v) is 10.5. The number of nitrogens with zero attached hydrogens (tertiary/aromatic N) is 4. The summed E-state index contributed by atoms with van der Waals surface area (Å²) in [6, 6.07) is 19.3. The van der Waals surface area contributed by atoms with Gasteiger partial charge in [-0.25, -0.2) is 14.3 Å². The lowest BCUT2D eigenvalue weighted by Gasteiger charge is -2.31. The lowest BCUT2D eigenvalue weighted by molar-refractivity contribution is 0.192. The molecule has 156 valence electrons. The van der Waals surface area contributed by atoms with E-state index in [1.165, 1.54) is 0 Å². The third kappa shape index (κ3) is 4.30. The lowest BCUT2D eigenvalue weighted by atomic mass is 9.96. The van der Waals surface area contributed by atoms with Gasteiger partial charge in [-0.3, -0.25) is 4.57 Å². The Morgan fingerprint density at radius 2 is 1.67 bits per heavy atom. The molecular weight excluding hydrogens is 378 g/mol. The molecule has 4 rings (SSSR count). The number of anilines is 1. The molecule has 3 aromatic rings. The van der Waals surface area contributed by atoms with Gasteiger partial charge in [0, 0.05) is 31.2 Å². The summed E-state index contributed by atoms with van der Waals surface area (Å²) in [5, 5.41) is 7.63. The van der Waals surface area contributed by atoms with E-state index in [4.69, 9.17) is 0 Å². The number of benzene rings is 2. The van der Waals surface area contributed by atoms with Gasteiger partial charge in [0.05, 0.1) is 6.54 Å². The molecule has 7 heteroatoms. The van der Waals surface area contributed by atoms with Crippen molar-refractivity contribution in [3.05, 3.63) is 82.5 Å². The highest BCUT2D eigenvalue weighted by Crippen LogP contribution is 2.26. The molecule has 7 nitrogen and oxygen atoms in total. The van der Waals surface area contributed by atoms with E-state index in [9.17, 15) is 9.59 Å². The fourth-order valence-corrected chi connectivity index (χ4v) is 3.98. The first kappa shape index (κ1) is 19.9. The zero-order chi connectivity index (χ0) is 20.9. The van der Waals surface area contributed by atoms with Crippen molar-refractivity contribution in [3.63, 3.8) is 0 Å². The molecule has 1 saturated heterocycles. The second kappa shape index (κ2) is 8.98. The Balaban J connectivity index is 1.43. The van der Waals surface area contributed by atoms with E-state index in [0.29, 0.717) is 26.2 Å². The predicted molar refractivity (Wildman–Crippen MR) is 117 cm³/mol. The van der Waals surface area contributed by atoms with Gasteiger partial charge >= 0.3 is 11.7 Å². The quantitative estimate of drug-likeness (QED) is 0.706. The smallest absolute Gasteiger partial charge is 0.324 e. The van der Waals surface area contributed by atoms with Crippen molar-refractivity contribution in [1.82, 2.24) is 19.2 Å². The first-order valence-electron chi connectivity index (χ1n) is 10.5. The van der Waals surface area contributed by atoms with Crippen LogP contribution in [0.25, 0.3) is 0 Å². The maximum Gasteiger partial charge on any atom is 0.346 e. The molecule has 1 fully saturated rings. The monoisotopic (exact) mass is 405 g/mol. The highest BCUT2D eigenvalue weighted by molar-refractivity contribution is 5.89. The van der Waals surface area contributed by atoms with Crippen molar-refractivity contribution in [2.75, 3.05) is 18.4 Å². The zero-order valence-corrected chi connectivity index (χ0v) is 17.2. The summed E-state index contributed by atoms with van der Waals surface area (Å²) in [5.74, 6) is 1.01. The Morgan fingerprint density at radius 1 is 1.03 bits per heavy atom. The van der Waals surface area contributed by atoms with Crippen LogP contribution >= 0.6 is 0 Å². The van der Waals surface area contributed by atoms with Crippen molar-refractivity contribution in [2.45, 2.75) is 38.8 Å². The lowest BCUT2D eigenvalue weighted by Crippen LogP contribution is -2.41. The first-order chi connectivity index (χ1) is 14.7. The zero-order valence-electron chi connectivity index (χ0n) is 17.2. The third-order valence-corrected chi connectivity index (χ3v) is 5.62. The fourth-order valence-electron chi connectivity index (χ4n) is 3.98. The summed E-state index contributed by atoms with van der Waals surface area (Å²) in [5.41, 5.74) is 1.78. The van der Waals surface area contributed by atoms with Gasteiger partial charge in [-0.05, 0) is 37.5 Å². The number of hydrogen-bond acceptors (Lipinski definition) is 3. The van der Waals surface area contributed by atoms with Gasteiger partial charge in [0.25, 0.3) is 0 Å². The largest absolute Gasteiger partial charge is 0.346 e. The number of nitrogens with one attached hydrogen (secondary N) is 1. The molecule has 0 unspecified atom stereocenters. The molecule has 30 heavy (non-hydrogen) atoms. The second-order valence-electron chi connectivity index (χ2n) is 7.59. The van der Waals surface area contributed by atoms with Crippen LogP contribution < -0.4 is 11.0 Å². The standard InChI is InChI=1S/C23H27N5O2/c1-2-27-21(25-28(23(27)30)17-18-9-5-3-6-10-18)19-13-15-26(16-14-19)22(29)24-20-11-7-4-8-12-20/h3-12,19H,2,13-17H2,1H3,(H,24,29). The van der Waals surface area contributed by atoms with Crippen LogP contribution in [0.1, 0.15) is 37.1 Å². The summed E-state index contributed by atoms with van der Waals surface area (Å²) in [6.07, 6.45) is 1.59. The van der Waals surface area contributed by atoms with Crippen molar-refractivity contribution in [1.29, 1.82) is 0 Å². The number of carbonyl (C=O) groups is 1. The van der Waals surface area contributed by atoms with E-state index < -0.39 is 0 Å². The Kier molecular flexibility index (Phi) is 5.97. The van der Waals surface area contributed by atoms with Crippen LogP contribution in [0.4, 0.5) is 10.5 Å². The van der Waals surface area contributed by atoms with Gasteiger partial charge in [-0.2, -0.15) is 5.10 Å². The van der Waals surface area contributed by atoms with E-state index in [1.54, 1.807) is 9.25 Å². The molecule has 0 bridgehead atoms. The highest BCUT2D eigenvalue weighted by Gasteiger charge is 2.28. The minimum Gasteiger partial charge on any atom is -0.324 e. The molecule has 1 N–H and O–H groups in total. The molecule has 2 aromatic carbocycles.